The molecule has 49 heavy (non-hydrogen) atoms. The van der Waals surface area contributed by atoms with Crippen molar-refractivity contribution < 1.29 is 58.5 Å². The van der Waals surface area contributed by atoms with Crippen molar-refractivity contribution in [3.63, 3.8) is 0 Å². The third-order valence-electron chi connectivity index (χ3n) is 7.44. The van der Waals surface area contributed by atoms with E-state index in [9.17, 15) is 34.8 Å². The highest BCUT2D eigenvalue weighted by Gasteiger charge is 2.52. The lowest BCUT2D eigenvalue weighted by Crippen LogP contribution is -2.68. The van der Waals surface area contributed by atoms with Gasteiger partial charge in [0, 0.05) is 26.1 Å². The van der Waals surface area contributed by atoms with E-state index in [-0.39, 0.29) is 38.4 Å². The van der Waals surface area contributed by atoms with Crippen LogP contribution in [0.15, 0.2) is 4.99 Å². The summed E-state index contributed by atoms with van der Waals surface area (Å²) in [4.78, 5) is 43.7. The number of hydrogen-bond donors (Lipinski definition) is 7. The number of nitrogens with one attached hydrogen (secondary N) is 2. The van der Waals surface area contributed by atoms with E-state index in [1.54, 1.807) is 62.3 Å². The van der Waals surface area contributed by atoms with Gasteiger partial charge in [0.1, 0.15) is 40.7 Å². The van der Waals surface area contributed by atoms with Gasteiger partial charge in [0.2, 0.25) is 5.91 Å². The van der Waals surface area contributed by atoms with Crippen LogP contribution in [0, 0.1) is 0 Å². The topological polar surface area (TPSA) is 244 Å². The highest BCUT2D eigenvalue weighted by atomic mass is 16.7. The summed E-state index contributed by atoms with van der Waals surface area (Å²) >= 11 is 0. The Labute approximate surface area is 288 Å². The van der Waals surface area contributed by atoms with Crippen LogP contribution in [0.1, 0.15) is 88.5 Å². The summed E-state index contributed by atoms with van der Waals surface area (Å²) in [6.07, 6.45) is -8.84. The van der Waals surface area contributed by atoms with Gasteiger partial charge in [-0.05, 0) is 82.1 Å². The Bertz CT molecular complexity index is 1160. The zero-order valence-corrected chi connectivity index (χ0v) is 30.7. The predicted molar refractivity (Wildman–Crippen MR) is 177 cm³/mol. The van der Waals surface area contributed by atoms with Crippen LogP contribution in [-0.4, -0.2) is 141 Å². The monoisotopic (exact) mass is 705 g/mol. The molecule has 2 aliphatic rings. The van der Waals surface area contributed by atoms with Gasteiger partial charge in [0.15, 0.2) is 6.29 Å². The predicted octanol–water partition coefficient (Wildman–Crippen LogP) is 0.489. The first kappa shape index (κ1) is 42.2. The van der Waals surface area contributed by atoms with Crippen LogP contribution in [0.5, 0.6) is 0 Å². The molecule has 0 unspecified atom stereocenters. The number of amides is 3. The number of hydrogen-bond acceptors (Lipinski definition) is 13. The van der Waals surface area contributed by atoms with Crippen LogP contribution in [0.3, 0.4) is 0 Å². The van der Waals surface area contributed by atoms with Crippen molar-refractivity contribution in [2.45, 2.75) is 160 Å². The van der Waals surface area contributed by atoms with Crippen molar-refractivity contribution in [2.24, 2.45) is 10.7 Å². The van der Waals surface area contributed by atoms with Crippen molar-refractivity contribution in [3.8, 4) is 0 Å². The lowest BCUT2D eigenvalue weighted by Gasteiger charge is -2.49. The molecule has 9 atom stereocenters. The van der Waals surface area contributed by atoms with Gasteiger partial charge in [-0.25, -0.2) is 14.6 Å². The van der Waals surface area contributed by atoms with Gasteiger partial charge in [-0.1, -0.05) is 0 Å². The standard InChI is InChI=1S/C32H59N5O12/c1-29(2,3)47-26(33)34-13-12-19(38)24(41)36-18-14-17(35-27(42)48-30(4,5)6)15-20(39)22(18)46-25-21(40)23(32(10,44)16-45-25)37(11)28(43)49-31(7,8)9/h17-23,25,38-40,44H,12-16H2,1-11H3,(H2,33,34)(H,35,42)(H,36,41)/t17-,18+,19-,20-,21+,22-,23+,25+,32-/m0/s1. The number of alkyl carbamates (subject to hydrolysis) is 1. The lowest BCUT2D eigenvalue weighted by molar-refractivity contribution is -0.301. The Morgan fingerprint density at radius 2 is 1.55 bits per heavy atom. The third-order valence-corrected chi connectivity index (χ3v) is 7.44. The molecule has 0 aromatic rings. The van der Waals surface area contributed by atoms with E-state index in [4.69, 9.17) is 29.4 Å². The van der Waals surface area contributed by atoms with E-state index in [0.717, 1.165) is 4.90 Å². The summed E-state index contributed by atoms with van der Waals surface area (Å²) in [6.45, 7) is 16.5. The van der Waals surface area contributed by atoms with E-state index < -0.39 is 89.3 Å². The summed E-state index contributed by atoms with van der Waals surface area (Å²) < 4.78 is 28.0. The smallest absolute Gasteiger partial charge is 0.410 e. The minimum absolute atomic E-state index is 0.0254. The highest BCUT2D eigenvalue weighted by molar-refractivity contribution is 5.81. The largest absolute Gasteiger partial charge is 0.460 e. The Morgan fingerprint density at radius 3 is 2.10 bits per heavy atom. The average Bonchev–Trinajstić information content (AvgIpc) is 2.88. The van der Waals surface area contributed by atoms with E-state index >= 15 is 0 Å². The second-order valence-corrected chi connectivity index (χ2v) is 15.9. The molecule has 284 valence electrons. The van der Waals surface area contributed by atoms with E-state index in [1.807, 2.05) is 0 Å². The molecule has 0 bridgehead atoms. The number of likely N-dealkylation sites (N-methyl/N-ethyl adjacent to an activating group) is 1. The van der Waals surface area contributed by atoms with Crippen LogP contribution >= 0.6 is 0 Å². The second-order valence-electron chi connectivity index (χ2n) is 15.9. The fourth-order valence-corrected chi connectivity index (χ4v) is 5.52. The molecule has 3 amide bonds. The Balaban J connectivity index is 2.27. The zero-order valence-electron chi connectivity index (χ0n) is 30.7. The molecule has 0 aromatic heterocycles. The number of ether oxygens (including phenoxy) is 5. The molecule has 1 aliphatic heterocycles. The Kier molecular flexibility index (Phi) is 14.1. The maximum atomic E-state index is 13.2. The van der Waals surface area contributed by atoms with Gasteiger partial charge in [0.25, 0.3) is 6.02 Å². The third kappa shape index (κ3) is 13.7. The SMILES string of the molecule is CN(C(=O)OC(C)(C)C)[C@@H]1[C@@H](O)[C@@H](O[C@@H]2[C@@H](O)C[C@@H](NC(=O)OC(C)(C)C)C[C@H]2NC(=O)[C@@H](O)CCN=C(N)OC(C)(C)C)OC[C@]1(C)O. The molecule has 2 rings (SSSR count). The quantitative estimate of drug-likeness (QED) is 0.128. The molecule has 17 nitrogen and oxygen atoms in total. The summed E-state index contributed by atoms with van der Waals surface area (Å²) in [5, 5.41) is 49.7. The average molecular weight is 706 g/mol. The Hall–Kier alpha value is -2.96. The van der Waals surface area contributed by atoms with Gasteiger partial charge in [0.05, 0.1) is 24.8 Å². The van der Waals surface area contributed by atoms with Gasteiger partial charge >= 0.3 is 12.2 Å². The molecular formula is C32H59N5O12. The number of rotatable bonds is 9. The van der Waals surface area contributed by atoms with Crippen molar-refractivity contribution >= 4 is 24.1 Å². The summed E-state index contributed by atoms with van der Waals surface area (Å²) in [6, 6.07) is -3.06. The van der Waals surface area contributed by atoms with Crippen LogP contribution in [-0.2, 0) is 28.5 Å². The van der Waals surface area contributed by atoms with Crippen LogP contribution in [0.2, 0.25) is 0 Å². The summed E-state index contributed by atoms with van der Waals surface area (Å²) in [5.74, 6) is -0.815. The van der Waals surface area contributed by atoms with Crippen molar-refractivity contribution in [1.29, 1.82) is 0 Å². The number of carbonyl (C=O) groups is 3. The molecule has 1 aliphatic carbocycles. The van der Waals surface area contributed by atoms with Crippen LogP contribution in [0.25, 0.3) is 0 Å². The van der Waals surface area contributed by atoms with Crippen molar-refractivity contribution in [3.05, 3.63) is 0 Å². The molecule has 1 saturated carbocycles. The maximum absolute atomic E-state index is 13.2. The van der Waals surface area contributed by atoms with Gasteiger partial charge in [-0.15, -0.1) is 0 Å². The minimum atomic E-state index is -1.72. The molecule has 0 radical (unpaired) electrons. The molecular weight excluding hydrogens is 646 g/mol. The minimum Gasteiger partial charge on any atom is -0.460 e. The van der Waals surface area contributed by atoms with E-state index in [1.165, 1.54) is 14.0 Å². The zero-order chi connectivity index (χ0) is 37.7. The molecule has 0 aromatic carbocycles. The summed E-state index contributed by atoms with van der Waals surface area (Å²) in [5.41, 5.74) is 1.82. The van der Waals surface area contributed by atoms with Gasteiger partial charge in [-0.2, -0.15) is 0 Å². The molecule has 8 N–H and O–H groups in total. The van der Waals surface area contributed by atoms with Crippen LogP contribution < -0.4 is 16.4 Å². The van der Waals surface area contributed by atoms with Gasteiger partial charge in [-0.3, -0.25) is 4.79 Å². The maximum Gasteiger partial charge on any atom is 0.410 e. The first-order valence-corrected chi connectivity index (χ1v) is 16.5. The van der Waals surface area contributed by atoms with Crippen molar-refractivity contribution in [2.75, 3.05) is 20.2 Å². The van der Waals surface area contributed by atoms with Gasteiger partial charge < -0.3 is 65.4 Å². The normalized spacial score (nSPS) is 30.5. The Morgan fingerprint density at radius 1 is 0.980 bits per heavy atom. The number of nitrogens with zero attached hydrogens (tertiary/aromatic N) is 2. The fourth-order valence-electron chi connectivity index (χ4n) is 5.52. The van der Waals surface area contributed by atoms with E-state index in [0.29, 0.717) is 0 Å². The number of carbonyl (C=O) groups excluding carboxylic acids is 3. The number of amidine groups is 1. The highest BCUT2D eigenvalue weighted by Crippen LogP contribution is 2.32. The molecule has 1 heterocycles. The fraction of sp³-hybridized carbons (Fsp3) is 0.875. The number of aliphatic hydroxyl groups excluding tert-OH is 3. The first-order valence-electron chi connectivity index (χ1n) is 16.5. The second kappa shape index (κ2) is 16.4. The molecule has 2 fully saturated rings. The van der Waals surface area contributed by atoms with Crippen LogP contribution in [0.4, 0.5) is 9.59 Å². The lowest BCUT2D eigenvalue weighted by atomic mass is 9.85. The number of aliphatic imine (C=N–C) groups is 1. The first-order chi connectivity index (χ1) is 22.2. The van der Waals surface area contributed by atoms with Crippen molar-refractivity contribution in [1.82, 2.24) is 15.5 Å². The number of aliphatic hydroxyl groups is 4. The molecule has 17 heteroatoms. The molecule has 0 spiro atoms. The molecule has 1 saturated heterocycles. The van der Waals surface area contributed by atoms with E-state index in [2.05, 4.69) is 15.6 Å². The summed E-state index contributed by atoms with van der Waals surface area (Å²) in [7, 11) is 1.36. The number of nitrogens with two attached hydrogens (primary N) is 1.